The number of aliphatic carboxylic acids is 1. The molecule has 11 heteroatoms. The van der Waals surface area contributed by atoms with Crippen molar-refractivity contribution < 1.29 is 28.3 Å². The zero-order chi connectivity index (χ0) is 23.7. The van der Waals surface area contributed by atoms with Gasteiger partial charge in [0.1, 0.15) is 29.1 Å². The van der Waals surface area contributed by atoms with E-state index in [0.29, 0.717) is 28.7 Å². The third kappa shape index (κ3) is 4.48. The molecule has 4 heterocycles. The van der Waals surface area contributed by atoms with Gasteiger partial charge in [0.15, 0.2) is 5.89 Å². The molecular formula is C23H19N3O6S2. The largest absolute Gasteiger partial charge is 0.477 e. The van der Waals surface area contributed by atoms with Crippen molar-refractivity contribution in [2.24, 2.45) is 0 Å². The Balaban J connectivity index is 1.27. The van der Waals surface area contributed by atoms with Crippen LogP contribution in [0.2, 0.25) is 0 Å². The van der Waals surface area contributed by atoms with Crippen molar-refractivity contribution in [1.82, 2.24) is 15.2 Å². The summed E-state index contributed by atoms with van der Waals surface area (Å²) in [6, 6.07) is 10.3. The van der Waals surface area contributed by atoms with Crippen LogP contribution in [0.15, 0.2) is 79.5 Å². The first-order valence-electron chi connectivity index (χ1n) is 10.4. The van der Waals surface area contributed by atoms with Gasteiger partial charge in [-0.1, -0.05) is 23.9 Å². The normalized spacial score (nSPS) is 19.5. The van der Waals surface area contributed by atoms with Gasteiger partial charge in [0.25, 0.3) is 5.91 Å². The third-order valence-corrected chi connectivity index (χ3v) is 7.93. The van der Waals surface area contributed by atoms with Gasteiger partial charge in [-0.15, -0.1) is 11.8 Å². The second-order valence-corrected chi connectivity index (χ2v) is 9.91. The SMILES string of the molecule is O=C(Cc1ccco1)N[C@@H]1C(=O)N2C(C(=O)O)=C(Sc3ccc(Cc4ncco4)cc3)CS[C@H]12. The number of carboxylic acid groups (broad SMARTS) is 1. The Labute approximate surface area is 202 Å². The fraction of sp³-hybridized carbons (Fsp3) is 0.217. The van der Waals surface area contributed by atoms with Gasteiger partial charge in [0.2, 0.25) is 5.91 Å². The summed E-state index contributed by atoms with van der Waals surface area (Å²) in [5, 5.41) is 12.1. The number of hydrogen-bond donors (Lipinski definition) is 2. The lowest BCUT2D eigenvalue weighted by molar-refractivity contribution is -0.150. The topological polar surface area (TPSA) is 126 Å². The monoisotopic (exact) mass is 497 g/mol. The van der Waals surface area contributed by atoms with Crippen molar-refractivity contribution in [3.63, 3.8) is 0 Å². The van der Waals surface area contributed by atoms with Crippen LogP contribution >= 0.6 is 23.5 Å². The van der Waals surface area contributed by atoms with Gasteiger partial charge < -0.3 is 19.3 Å². The average molecular weight is 498 g/mol. The van der Waals surface area contributed by atoms with E-state index < -0.39 is 23.3 Å². The lowest BCUT2D eigenvalue weighted by Gasteiger charge is -2.49. The summed E-state index contributed by atoms with van der Waals surface area (Å²) >= 11 is 2.76. The Hall–Kier alpha value is -3.44. The summed E-state index contributed by atoms with van der Waals surface area (Å²) in [4.78, 5) is 44.0. The Morgan fingerprint density at radius 1 is 1.21 bits per heavy atom. The quantitative estimate of drug-likeness (QED) is 0.452. The average Bonchev–Trinajstić information content (AvgIpc) is 3.53. The van der Waals surface area contributed by atoms with Crippen LogP contribution in [0.1, 0.15) is 17.2 Å². The highest BCUT2D eigenvalue weighted by molar-refractivity contribution is 8.06. The van der Waals surface area contributed by atoms with Gasteiger partial charge in [0, 0.05) is 22.0 Å². The summed E-state index contributed by atoms with van der Waals surface area (Å²) in [7, 11) is 0. The Kier molecular flexibility index (Phi) is 6.20. The first-order chi connectivity index (χ1) is 16.5. The number of aromatic nitrogens is 1. The summed E-state index contributed by atoms with van der Waals surface area (Å²) in [6.45, 7) is 0. The highest BCUT2D eigenvalue weighted by Gasteiger charge is 2.54. The number of amides is 2. The number of nitrogens with zero attached hydrogens (tertiary/aromatic N) is 2. The van der Waals surface area contributed by atoms with Crippen LogP contribution < -0.4 is 5.32 Å². The Bertz CT molecular complexity index is 1240. The number of rotatable bonds is 8. The van der Waals surface area contributed by atoms with E-state index in [1.165, 1.54) is 41.0 Å². The van der Waals surface area contributed by atoms with Crippen LogP contribution in [0.3, 0.4) is 0 Å². The minimum absolute atomic E-state index is 0.0167. The number of carbonyl (C=O) groups excluding carboxylic acids is 2. The molecule has 0 bridgehead atoms. The van der Waals surface area contributed by atoms with Gasteiger partial charge in [0.05, 0.1) is 18.9 Å². The zero-order valence-corrected chi connectivity index (χ0v) is 19.3. The number of β-lactam (4-membered cyclic amide) rings is 1. The highest BCUT2D eigenvalue weighted by Crippen LogP contribution is 2.45. The summed E-state index contributed by atoms with van der Waals surface area (Å²) in [5.74, 6) is -0.409. The molecule has 2 aliphatic heterocycles. The van der Waals surface area contributed by atoms with Crippen molar-refractivity contribution >= 4 is 41.3 Å². The molecule has 174 valence electrons. The molecule has 1 aromatic carbocycles. The van der Waals surface area contributed by atoms with Gasteiger partial charge in [-0.3, -0.25) is 14.5 Å². The number of furan rings is 1. The van der Waals surface area contributed by atoms with Crippen molar-refractivity contribution in [2.45, 2.75) is 29.2 Å². The summed E-state index contributed by atoms with van der Waals surface area (Å²) < 4.78 is 10.4. The maximum Gasteiger partial charge on any atom is 0.353 e. The Morgan fingerprint density at radius 2 is 2.03 bits per heavy atom. The lowest BCUT2D eigenvalue weighted by atomic mass is 10.0. The van der Waals surface area contributed by atoms with Crippen molar-refractivity contribution in [3.8, 4) is 0 Å². The molecule has 2 aromatic heterocycles. The van der Waals surface area contributed by atoms with E-state index in [0.717, 1.165) is 10.5 Å². The smallest absolute Gasteiger partial charge is 0.353 e. The standard InChI is InChI=1S/C23H19N3O6S2/c27-17(11-14-2-1-8-31-14)25-19-21(28)26-20(23(29)30)16(12-33-22(19)26)34-15-5-3-13(4-6-15)10-18-24-7-9-32-18/h1-9,19,22H,10-12H2,(H,25,27)(H,29,30)/t19-,22-/m1/s1. The van der Waals surface area contributed by atoms with Gasteiger partial charge in [-0.05, 0) is 29.8 Å². The molecule has 2 atom stereocenters. The molecule has 0 unspecified atom stereocenters. The number of carboxylic acids is 1. The molecule has 0 aliphatic carbocycles. The minimum atomic E-state index is -1.16. The molecule has 1 saturated heterocycles. The molecule has 34 heavy (non-hydrogen) atoms. The van der Waals surface area contributed by atoms with Crippen LogP contribution in [0, 0.1) is 0 Å². The molecule has 0 saturated carbocycles. The van der Waals surface area contributed by atoms with E-state index in [4.69, 9.17) is 8.83 Å². The van der Waals surface area contributed by atoms with Crippen LogP contribution in [0.5, 0.6) is 0 Å². The number of fused-ring (bicyclic) bond motifs is 1. The molecule has 2 amide bonds. The van der Waals surface area contributed by atoms with Gasteiger partial charge >= 0.3 is 5.97 Å². The predicted octanol–water partition coefficient (Wildman–Crippen LogP) is 2.89. The second kappa shape index (κ2) is 9.43. The summed E-state index contributed by atoms with van der Waals surface area (Å²) in [5.41, 5.74) is 0.988. The number of nitrogens with one attached hydrogen (secondary N) is 1. The molecule has 0 radical (unpaired) electrons. The van der Waals surface area contributed by atoms with E-state index in [1.807, 2.05) is 24.3 Å². The van der Waals surface area contributed by atoms with E-state index in [-0.39, 0.29) is 18.0 Å². The third-order valence-electron chi connectivity index (χ3n) is 5.37. The number of hydrogen-bond acceptors (Lipinski definition) is 8. The van der Waals surface area contributed by atoms with E-state index in [2.05, 4.69) is 10.3 Å². The molecule has 0 spiro atoms. The van der Waals surface area contributed by atoms with E-state index >= 15 is 0 Å². The number of thioether (sulfide) groups is 2. The number of benzene rings is 1. The maximum atomic E-state index is 12.8. The first-order valence-corrected chi connectivity index (χ1v) is 12.2. The van der Waals surface area contributed by atoms with Crippen LogP contribution in [-0.2, 0) is 27.2 Å². The van der Waals surface area contributed by atoms with Gasteiger partial charge in [-0.2, -0.15) is 0 Å². The fourth-order valence-electron chi connectivity index (χ4n) is 3.80. The number of oxazole rings is 1. The van der Waals surface area contributed by atoms with Crippen LogP contribution in [0.25, 0.3) is 0 Å². The maximum absolute atomic E-state index is 12.8. The predicted molar refractivity (Wildman–Crippen MR) is 124 cm³/mol. The fourth-order valence-corrected chi connectivity index (χ4v) is 6.27. The molecule has 9 nitrogen and oxygen atoms in total. The minimum Gasteiger partial charge on any atom is -0.477 e. The van der Waals surface area contributed by atoms with Crippen LogP contribution in [-0.4, -0.2) is 49.9 Å². The van der Waals surface area contributed by atoms with Crippen molar-refractivity contribution in [3.05, 3.63) is 82.9 Å². The molecule has 5 rings (SSSR count). The molecular weight excluding hydrogens is 478 g/mol. The molecule has 3 aromatic rings. The second-order valence-electron chi connectivity index (χ2n) is 7.64. The molecule has 2 aliphatic rings. The van der Waals surface area contributed by atoms with Crippen molar-refractivity contribution in [1.29, 1.82) is 0 Å². The van der Waals surface area contributed by atoms with E-state index in [9.17, 15) is 19.5 Å². The lowest BCUT2D eigenvalue weighted by Crippen LogP contribution is -2.70. The molecule has 2 N–H and O–H groups in total. The number of carbonyl (C=O) groups is 3. The zero-order valence-electron chi connectivity index (χ0n) is 17.7. The van der Waals surface area contributed by atoms with Crippen molar-refractivity contribution in [2.75, 3.05) is 5.75 Å². The van der Waals surface area contributed by atoms with Gasteiger partial charge in [-0.25, -0.2) is 9.78 Å². The first kappa shape index (κ1) is 22.4. The highest BCUT2D eigenvalue weighted by atomic mass is 32.2. The van der Waals surface area contributed by atoms with E-state index in [1.54, 1.807) is 18.3 Å². The summed E-state index contributed by atoms with van der Waals surface area (Å²) in [6.07, 6.45) is 5.18. The Morgan fingerprint density at radius 3 is 2.71 bits per heavy atom. The molecule has 1 fully saturated rings. The van der Waals surface area contributed by atoms with Crippen LogP contribution in [0.4, 0.5) is 0 Å².